The molecule has 9 heteroatoms. The number of hydrogen-bond donors (Lipinski definition) is 1. The van der Waals surface area contributed by atoms with Crippen LogP contribution in [0.5, 0.6) is 0 Å². The molecule has 0 aliphatic heterocycles. The lowest BCUT2D eigenvalue weighted by atomic mass is 10.2. The lowest BCUT2D eigenvalue weighted by Gasteiger charge is -2.13. The van der Waals surface area contributed by atoms with Gasteiger partial charge in [-0.2, -0.15) is 0 Å². The molecule has 32 heavy (non-hydrogen) atoms. The van der Waals surface area contributed by atoms with Gasteiger partial charge in [0.15, 0.2) is 5.16 Å². The molecule has 2 aromatic carbocycles. The summed E-state index contributed by atoms with van der Waals surface area (Å²) in [6, 6.07) is 13.8. The summed E-state index contributed by atoms with van der Waals surface area (Å²) in [4.78, 5) is 25.4. The van der Waals surface area contributed by atoms with Gasteiger partial charge >= 0.3 is 0 Å². The maximum absolute atomic E-state index is 13.5. The molecule has 0 saturated heterocycles. The molecule has 0 spiro atoms. The first kappa shape index (κ1) is 22.0. The number of hydrogen-bond acceptors (Lipinski definition) is 5. The number of nitrogens with one attached hydrogen (secondary N) is 1. The molecule has 4 aromatic rings. The van der Waals surface area contributed by atoms with Gasteiger partial charge < -0.3 is 5.32 Å². The van der Waals surface area contributed by atoms with E-state index in [0.29, 0.717) is 27.6 Å². The van der Waals surface area contributed by atoms with Crippen molar-refractivity contribution in [3.63, 3.8) is 0 Å². The Morgan fingerprint density at radius 3 is 2.78 bits per heavy atom. The minimum Gasteiger partial charge on any atom is -0.354 e. The number of thioether (sulfide) groups is 1. The first-order valence-electron chi connectivity index (χ1n) is 10.5. The van der Waals surface area contributed by atoms with E-state index in [1.807, 2.05) is 36.4 Å². The average molecular weight is 454 g/mol. The van der Waals surface area contributed by atoms with Crippen molar-refractivity contribution in [1.82, 2.24) is 24.5 Å². The lowest BCUT2D eigenvalue weighted by Crippen LogP contribution is -2.33. The summed E-state index contributed by atoms with van der Waals surface area (Å²) in [5.41, 5.74) is 1.31. The van der Waals surface area contributed by atoms with E-state index in [1.54, 1.807) is 18.2 Å². The van der Waals surface area contributed by atoms with Gasteiger partial charge in [-0.1, -0.05) is 43.0 Å². The summed E-state index contributed by atoms with van der Waals surface area (Å²) in [7, 11) is 0. The van der Waals surface area contributed by atoms with Gasteiger partial charge in [-0.3, -0.25) is 18.6 Å². The van der Waals surface area contributed by atoms with E-state index in [-0.39, 0.29) is 36.3 Å². The molecular formula is C23H24FN5O2S. The highest BCUT2D eigenvalue weighted by Gasteiger charge is 2.18. The summed E-state index contributed by atoms with van der Waals surface area (Å²) in [6.07, 6.45) is 0.999. The van der Waals surface area contributed by atoms with Crippen LogP contribution in [0.2, 0.25) is 0 Å². The van der Waals surface area contributed by atoms with Gasteiger partial charge in [0.1, 0.15) is 5.82 Å². The third-order valence-electron chi connectivity index (χ3n) is 5.32. The summed E-state index contributed by atoms with van der Waals surface area (Å²) >= 11 is 1.41. The van der Waals surface area contributed by atoms with Crippen molar-refractivity contribution in [1.29, 1.82) is 0 Å². The highest BCUT2D eigenvalue weighted by atomic mass is 32.2. The smallest absolute Gasteiger partial charge is 0.262 e. The number of carbonyl (C=O) groups excluding carboxylic acids is 1. The molecule has 0 unspecified atom stereocenters. The number of nitrogens with zero attached hydrogens (tertiary/aromatic N) is 4. The Morgan fingerprint density at radius 2 is 2.00 bits per heavy atom. The predicted octanol–water partition coefficient (Wildman–Crippen LogP) is 3.78. The number of halogens is 1. The van der Waals surface area contributed by atoms with Gasteiger partial charge in [-0.15, -0.1) is 10.2 Å². The topological polar surface area (TPSA) is 81.3 Å². The molecule has 166 valence electrons. The Labute approximate surface area is 188 Å². The van der Waals surface area contributed by atoms with Crippen LogP contribution in [0.15, 0.2) is 58.5 Å². The van der Waals surface area contributed by atoms with E-state index < -0.39 is 0 Å². The molecule has 0 fully saturated rings. The van der Waals surface area contributed by atoms with Crippen LogP contribution >= 0.6 is 11.8 Å². The summed E-state index contributed by atoms with van der Waals surface area (Å²) in [5.74, 6) is 0.484. The number of benzene rings is 2. The van der Waals surface area contributed by atoms with Crippen molar-refractivity contribution in [2.75, 3.05) is 0 Å². The van der Waals surface area contributed by atoms with Gasteiger partial charge in [0.05, 0.1) is 10.9 Å². The van der Waals surface area contributed by atoms with Crippen LogP contribution in [0.3, 0.4) is 0 Å². The highest BCUT2D eigenvalue weighted by Crippen LogP contribution is 2.25. The minimum absolute atomic E-state index is 0.0785. The van der Waals surface area contributed by atoms with Crippen LogP contribution in [0, 0.1) is 5.82 Å². The number of aryl methyl sites for hydroxylation is 1. The standard InChI is InChI=1S/C23H24FN5O2S/c1-3-15(2)25-20(30)11-12-28-21(31)18-9-4-5-10-19(18)29-22(28)26-27-23(29)32-14-16-7-6-8-17(24)13-16/h4-10,13,15H,3,11-12,14H2,1-2H3,(H,25,30)/t15-/m1/s1. The van der Waals surface area contributed by atoms with Crippen LogP contribution in [-0.2, 0) is 17.1 Å². The molecule has 0 aliphatic rings. The first-order valence-corrected chi connectivity index (χ1v) is 11.5. The monoisotopic (exact) mass is 453 g/mol. The number of amides is 1. The lowest BCUT2D eigenvalue weighted by molar-refractivity contribution is -0.121. The van der Waals surface area contributed by atoms with Crippen LogP contribution in [-0.4, -0.2) is 31.1 Å². The summed E-state index contributed by atoms with van der Waals surface area (Å²) < 4.78 is 16.9. The van der Waals surface area contributed by atoms with E-state index >= 15 is 0 Å². The molecule has 2 aromatic heterocycles. The van der Waals surface area contributed by atoms with Crippen LogP contribution in [0.25, 0.3) is 16.7 Å². The molecule has 1 amide bonds. The van der Waals surface area contributed by atoms with Gasteiger partial charge in [0, 0.05) is 24.8 Å². The normalized spacial score (nSPS) is 12.3. The van der Waals surface area contributed by atoms with Crippen LogP contribution in [0.4, 0.5) is 4.39 Å². The largest absolute Gasteiger partial charge is 0.354 e. The maximum atomic E-state index is 13.5. The first-order chi connectivity index (χ1) is 15.5. The van der Waals surface area contributed by atoms with E-state index in [1.165, 1.54) is 28.5 Å². The molecule has 0 radical (unpaired) electrons. The SMILES string of the molecule is CC[C@@H](C)NC(=O)CCn1c(=O)c2ccccc2n2c(SCc3cccc(F)c3)nnc12. The second kappa shape index (κ2) is 9.52. The van der Waals surface area contributed by atoms with Crippen molar-refractivity contribution < 1.29 is 9.18 Å². The van der Waals surface area contributed by atoms with Crippen molar-refractivity contribution in [3.8, 4) is 0 Å². The summed E-state index contributed by atoms with van der Waals surface area (Å²) in [5, 5.41) is 12.6. The maximum Gasteiger partial charge on any atom is 0.262 e. The number of aromatic nitrogens is 4. The Kier molecular flexibility index (Phi) is 6.55. The molecule has 0 bridgehead atoms. The zero-order valence-electron chi connectivity index (χ0n) is 17.9. The molecule has 1 N–H and O–H groups in total. The van der Waals surface area contributed by atoms with Gasteiger partial charge in [-0.05, 0) is 43.2 Å². The number of rotatable bonds is 8. The van der Waals surface area contributed by atoms with E-state index in [4.69, 9.17) is 0 Å². The molecule has 2 heterocycles. The Hall–Kier alpha value is -3.20. The van der Waals surface area contributed by atoms with Crippen LogP contribution < -0.4 is 10.9 Å². The quantitative estimate of drug-likeness (QED) is 0.411. The number of fused-ring (bicyclic) bond motifs is 3. The van der Waals surface area contributed by atoms with Crippen molar-refractivity contribution >= 4 is 34.3 Å². The van der Waals surface area contributed by atoms with Gasteiger partial charge in [0.25, 0.3) is 5.56 Å². The highest BCUT2D eigenvalue weighted by molar-refractivity contribution is 7.98. The minimum atomic E-state index is -0.288. The Bertz CT molecular complexity index is 1330. The Balaban J connectivity index is 1.70. The average Bonchev–Trinajstić information content (AvgIpc) is 3.21. The predicted molar refractivity (Wildman–Crippen MR) is 123 cm³/mol. The van der Waals surface area contributed by atoms with Gasteiger partial charge in [-0.25, -0.2) is 4.39 Å². The third-order valence-corrected chi connectivity index (χ3v) is 6.32. The number of carbonyl (C=O) groups is 1. The molecule has 0 aliphatic carbocycles. The number of para-hydroxylation sites is 1. The van der Waals surface area contributed by atoms with Crippen molar-refractivity contribution in [2.24, 2.45) is 0 Å². The molecule has 1 atom stereocenters. The molecular weight excluding hydrogens is 429 g/mol. The third kappa shape index (κ3) is 4.52. The van der Waals surface area contributed by atoms with Crippen molar-refractivity contribution in [3.05, 3.63) is 70.3 Å². The molecule has 7 nitrogen and oxygen atoms in total. The van der Waals surface area contributed by atoms with Gasteiger partial charge in [0.2, 0.25) is 11.7 Å². The fourth-order valence-corrected chi connectivity index (χ4v) is 4.35. The zero-order valence-corrected chi connectivity index (χ0v) is 18.7. The second-order valence-electron chi connectivity index (χ2n) is 7.64. The van der Waals surface area contributed by atoms with E-state index in [2.05, 4.69) is 15.5 Å². The fourth-order valence-electron chi connectivity index (χ4n) is 3.47. The molecule has 4 rings (SSSR count). The fraction of sp³-hybridized carbons (Fsp3) is 0.304. The zero-order chi connectivity index (χ0) is 22.7. The molecule has 0 saturated carbocycles. The summed E-state index contributed by atoms with van der Waals surface area (Å²) in [6.45, 7) is 4.14. The Morgan fingerprint density at radius 1 is 1.19 bits per heavy atom. The van der Waals surface area contributed by atoms with Crippen molar-refractivity contribution in [2.45, 2.75) is 50.2 Å². The van der Waals surface area contributed by atoms with E-state index in [9.17, 15) is 14.0 Å². The van der Waals surface area contributed by atoms with E-state index in [0.717, 1.165) is 12.0 Å². The second-order valence-corrected chi connectivity index (χ2v) is 8.58. The van der Waals surface area contributed by atoms with Crippen LogP contribution in [0.1, 0.15) is 32.3 Å².